The van der Waals surface area contributed by atoms with Crippen molar-refractivity contribution in [1.29, 1.82) is 0 Å². The first-order valence-electron chi connectivity index (χ1n) is 9.41. The lowest BCUT2D eigenvalue weighted by molar-refractivity contribution is 0.220. The smallest absolute Gasteiger partial charge is 0.127 e. The highest BCUT2D eigenvalue weighted by Crippen LogP contribution is 2.29. The summed E-state index contributed by atoms with van der Waals surface area (Å²) in [6.07, 6.45) is 4.92. The van der Waals surface area contributed by atoms with Crippen molar-refractivity contribution in [3.8, 4) is 11.5 Å². The lowest BCUT2D eigenvalue weighted by Crippen LogP contribution is -2.13. The summed E-state index contributed by atoms with van der Waals surface area (Å²) in [6, 6.07) is 19.5. The number of benzene rings is 2. The standard InChI is InChI=1S/C24H27NO2/c1-4-24(2,3)17-18-5-9-21(10-6-18)27-22-11-7-19(8-12-22)23(26)20-13-15-25-16-14-20/h5-16,23,26H,4,17H2,1-3H3. The average molecular weight is 361 g/mol. The second-order valence-corrected chi connectivity index (χ2v) is 7.69. The van der Waals surface area contributed by atoms with E-state index < -0.39 is 6.10 Å². The first kappa shape index (κ1) is 19.1. The van der Waals surface area contributed by atoms with Crippen molar-refractivity contribution < 1.29 is 9.84 Å². The number of rotatable bonds is 7. The van der Waals surface area contributed by atoms with Crippen LogP contribution in [-0.4, -0.2) is 10.1 Å². The van der Waals surface area contributed by atoms with Gasteiger partial charge in [-0.1, -0.05) is 51.5 Å². The predicted molar refractivity (Wildman–Crippen MR) is 109 cm³/mol. The third-order valence-corrected chi connectivity index (χ3v) is 5.02. The Morgan fingerprint density at radius 2 is 1.37 bits per heavy atom. The van der Waals surface area contributed by atoms with Gasteiger partial charge in [0, 0.05) is 12.4 Å². The number of aromatic nitrogens is 1. The number of ether oxygens (including phenoxy) is 1. The number of hydrogen-bond donors (Lipinski definition) is 1. The van der Waals surface area contributed by atoms with E-state index in [0.717, 1.165) is 35.5 Å². The molecule has 2 aromatic carbocycles. The molecule has 0 fully saturated rings. The number of aliphatic hydroxyl groups excluding tert-OH is 1. The number of aliphatic hydroxyl groups is 1. The van der Waals surface area contributed by atoms with Crippen LogP contribution in [0.4, 0.5) is 0 Å². The van der Waals surface area contributed by atoms with Crippen LogP contribution in [0.5, 0.6) is 11.5 Å². The Bertz CT molecular complexity index is 840. The Hall–Kier alpha value is -2.65. The van der Waals surface area contributed by atoms with Gasteiger partial charge < -0.3 is 9.84 Å². The molecule has 0 bridgehead atoms. The van der Waals surface area contributed by atoms with Crippen LogP contribution < -0.4 is 4.74 Å². The van der Waals surface area contributed by atoms with E-state index in [1.807, 2.05) is 48.5 Å². The van der Waals surface area contributed by atoms with Crippen molar-refractivity contribution in [3.05, 3.63) is 89.7 Å². The average Bonchev–Trinajstić information content (AvgIpc) is 2.70. The maximum Gasteiger partial charge on any atom is 0.127 e. The van der Waals surface area contributed by atoms with Crippen molar-refractivity contribution in [2.75, 3.05) is 0 Å². The molecule has 0 radical (unpaired) electrons. The van der Waals surface area contributed by atoms with Gasteiger partial charge >= 0.3 is 0 Å². The van der Waals surface area contributed by atoms with Crippen LogP contribution in [-0.2, 0) is 6.42 Å². The Labute approximate surface area is 161 Å². The summed E-state index contributed by atoms with van der Waals surface area (Å²) in [5, 5.41) is 10.4. The number of nitrogens with zero attached hydrogens (tertiary/aromatic N) is 1. The van der Waals surface area contributed by atoms with Crippen LogP contribution >= 0.6 is 0 Å². The largest absolute Gasteiger partial charge is 0.457 e. The summed E-state index contributed by atoms with van der Waals surface area (Å²) in [6.45, 7) is 6.81. The van der Waals surface area contributed by atoms with E-state index in [0.29, 0.717) is 5.41 Å². The fraction of sp³-hybridized carbons (Fsp3) is 0.292. The second kappa shape index (κ2) is 8.36. The van der Waals surface area contributed by atoms with Crippen LogP contribution in [0.2, 0.25) is 0 Å². The molecule has 1 aromatic heterocycles. The zero-order chi connectivity index (χ0) is 19.3. The van der Waals surface area contributed by atoms with Gasteiger partial charge in [-0.05, 0) is 64.9 Å². The molecule has 1 N–H and O–H groups in total. The van der Waals surface area contributed by atoms with Gasteiger partial charge in [0.2, 0.25) is 0 Å². The fourth-order valence-corrected chi connectivity index (χ4v) is 2.95. The Morgan fingerprint density at radius 1 is 0.852 bits per heavy atom. The molecule has 3 aromatic rings. The van der Waals surface area contributed by atoms with Crippen molar-refractivity contribution in [2.45, 2.75) is 39.7 Å². The zero-order valence-corrected chi connectivity index (χ0v) is 16.2. The molecular formula is C24H27NO2. The molecule has 1 heterocycles. The van der Waals surface area contributed by atoms with Gasteiger partial charge in [-0.2, -0.15) is 0 Å². The third kappa shape index (κ3) is 5.18. The highest BCUT2D eigenvalue weighted by atomic mass is 16.5. The molecule has 3 nitrogen and oxygen atoms in total. The maximum absolute atomic E-state index is 10.4. The van der Waals surface area contributed by atoms with Crippen molar-refractivity contribution in [1.82, 2.24) is 4.98 Å². The van der Waals surface area contributed by atoms with Crippen LogP contribution in [0.15, 0.2) is 73.1 Å². The van der Waals surface area contributed by atoms with E-state index >= 15 is 0 Å². The SMILES string of the molecule is CCC(C)(C)Cc1ccc(Oc2ccc(C(O)c3ccncc3)cc2)cc1. The highest BCUT2D eigenvalue weighted by molar-refractivity contribution is 5.37. The van der Waals surface area contributed by atoms with Gasteiger partial charge in [-0.15, -0.1) is 0 Å². The molecule has 1 unspecified atom stereocenters. The van der Waals surface area contributed by atoms with Crippen LogP contribution in [0.25, 0.3) is 0 Å². The number of hydrogen-bond acceptors (Lipinski definition) is 3. The highest BCUT2D eigenvalue weighted by Gasteiger charge is 2.15. The molecule has 140 valence electrons. The molecule has 0 amide bonds. The van der Waals surface area contributed by atoms with Gasteiger partial charge in [0.1, 0.15) is 17.6 Å². The lowest BCUT2D eigenvalue weighted by Gasteiger charge is -2.22. The number of pyridine rings is 1. The third-order valence-electron chi connectivity index (χ3n) is 5.02. The molecule has 0 aliphatic carbocycles. The first-order valence-corrected chi connectivity index (χ1v) is 9.41. The molecule has 3 rings (SSSR count). The van der Waals surface area contributed by atoms with Crippen molar-refractivity contribution in [2.24, 2.45) is 5.41 Å². The molecule has 0 spiro atoms. The molecule has 0 saturated carbocycles. The fourth-order valence-electron chi connectivity index (χ4n) is 2.95. The molecule has 3 heteroatoms. The van der Waals surface area contributed by atoms with Gasteiger partial charge in [-0.3, -0.25) is 4.98 Å². The van der Waals surface area contributed by atoms with E-state index in [1.54, 1.807) is 12.4 Å². The second-order valence-electron chi connectivity index (χ2n) is 7.69. The normalized spacial score (nSPS) is 12.6. The Kier molecular flexibility index (Phi) is 5.92. The lowest BCUT2D eigenvalue weighted by atomic mass is 9.83. The van der Waals surface area contributed by atoms with E-state index in [4.69, 9.17) is 4.74 Å². The molecule has 0 aliphatic rings. The predicted octanol–water partition coefficient (Wildman–Crippen LogP) is 5.93. The van der Waals surface area contributed by atoms with Gasteiger partial charge in [0.25, 0.3) is 0 Å². The van der Waals surface area contributed by atoms with Crippen LogP contribution in [0, 0.1) is 5.41 Å². The van der Waals surface area contributed by atoms with E-state index in [9.17, 15) is 5.11 Å². The topological polar surface area (TPSA) is 42.4 Å². The minimum absolute atomic E-state index is 0.313. The monoisotopic (exact) mass is 361 g/mol. The van der Waals surface area contributed by atoms with Crippen molar-refractivity contribution >= 4 is 0 Å². The summed E-state index contributed by atoms with van der Waals surface area (Å²) in [5.74, 6) is 1.57. The van der Waals surface area contributed by atoms with Crippen LogP contribution in [0.3, 0.4) is 0 Å². The molecule has 0 aliphatic heterocycles. The molecule has 0 saturated heterocycles. The molecular weight excluding hydrogens is 334 g/mol. The molecule has 1 atom stereocenters. The zero-order valence-electron chi connectivity index (χ0n) is 16.2. The summed E-state index contributed by atoms with van der Waals surface area (Å²) in [5.41, 5.74) is 3.29. The minimum Gasteiger partial charge on any atom is -0.457 e. The van der Waals surface area contributed by atoms with Crippen molar-refractivity contribution in [3.63, 3.8) is 0 Å². The summed E-state index contributed by atoms with van der Waals surface area (Å²) < 4.78 is 5.94. The first-order chi connectivity index (χ1) is 13.0. The van der Waals surface area contributed by atoms with Gasteiger partial charge in [-0.25, -0.2) is 0 Å². The van der Waals surface area contributed by atoms with Crippen LogP contribution in [0.1, 0.15) is 50.0 Å². The van der Waals surface area contributed by atoms with Gasteiger partial charge in [0.05, 0.1) is 0 Å². The molecule has 27 heavy (non-hydrogen) atoms. The summed E-state index contributed by atoms with van der Waals surface area (Å²) in [7, 11) is 0. The van der Waals surface area contributed by atoms with E-state index in [1.165, 1.54) is 5.56 Å². The Morgan fingerprint density at radius 3 is 1.93 bits per heavy atom. The van der Waals surface area contributed by atoms with E-state index in [2.05, 4.69) is 37.9 Å². The Balaban J connectivity index is 1.64. The van der Waals surface area contributed by atoms with Gasteiger partial charge in [0.15, 0.2) is 0 Å². The summed E-state index contributed by atoms with van der Waals surface area (Å²) >= 11 is 0. The maximum atomic E-state index is 10.4. The summed E-state index contributed by atoms with van der Waals surface area (Å²) in [4.78, 5) is 3.98. The van der Waals surface area contributed by atoms with E-state index in [-0.39, 0.29) is 0 Å². The minimum atomic E-state index is -0.664. The quantitative estimate of drug-likeness (QED) is 0.567.